The van der Waals surface area contributed by atoms with Gasteiger partial charge in [0.1, 0.15) is 0 Å². The van der Waals surface area contributed by atoms with E-state index in [1.54, 1.807) is 0 Å². The fourth-order valence-electron chi connectivity index (χ4n) is 3.27. The molecule has 0 aliphatic carbocycles. The maximum absolute atomic E-state index is 6.35. The van der Waals surface area contributed by atoms with Crippen molar-refractivity contribution in [2.45, 2.75) is 12.1 Å². The number of halogens is 2. The molecule has 0 aromatic heterocycles. The average Bonchev–Trinajstić information content (AvgIpc) is 3.56. The summed E-state index contributed by atoms with van der Waals surface area (Å²) in [6.45, 7) is 0. The molecule has 0 bridgehead atoms. The Bertz CT molecular complexity index is 1090. The Hall–Kier alpha value is -1.70. The molecule has 162 valence electrons. The van der Waals surface area contributed by atoms with Gasteiger partial charge in [-0.1, -0.05) is 6.07 Å². The average molecular weight is 553 g/mol. The molecular formula is C28H26Cl2SiZr-2. The molecule has 0 amide bonds. The van der Waals surface area contributed by atoms with Crippen LogP contribution >= 0.6 is 17.0 Å². The van der Waals surface area contributed by atoms with Crippen LogP contribution in [0.2, 0.25) is 0 Å². The summed E-state index contributed by atoms with van der Waals surface area (Å²) in [7, 11) is 12.7. The summed E-state index contributed by atoms with van der Waals surface area (Å²) in [5.74, 6) is 0. The summed E-state index contributed by atoms with van der Waals surface area (Å²) in [5, 5.41) is 2.66. The normalized spacial score (nSPS) is 9.81. The molecule has 32 heavy (non-hydrogen) atoms. The molecule has 0 aliphatic heterocycles. The second-order valence-electron chi connectivity index (χ2n) is 7.31. The van der Waals surface area contributed by atoms with Crippen LogP contribution in [0.25, 0.3) is 10.8 Å². The van der Waals surface area contributed by atoms with Crippen LogP contribution in [-0.2, 0) is 30.1 Å². The topological polar surface area (TPSA) is 0 Å². The third-order valence-electron chi connectivity index (χ3n) is 4.89. The van der Waals surface area contributed by atoms with E-state index >= 15 is 0 Å². The van der Waals surface area contributed by atoms with Crippen LogP contribution in [0.3, 0.4) is 0 Å². The number of rotatable bonds is 4. The molecule has 0 atom stereocenters. The molecule has 0 saturated heterocycles. The molecular weight excluding hydrogens is 527 g/mol. The van der Waals surface area contributed by atoms with Crippen molar-refractivity contribution < 1.29 is 18.0 Å². The van der Waals surface area contributed by atoms with E-state index in [4.69, 9.17) is 17.0 Å². The van der Waals surface area contributed by atoms with E-state index < -0.39 is 23.4 Å². The Kier molecular flexibility index (Phi) is 11.3. The van der Waals surface area contributed by atoms with Crippen molar-refractivity contribution in [3.63, 3.8) is 0 Å². The van der Waals surface area contributed by atoms with Crippen LogP contribution < -0.4 is 0 Å². The molecule has 0 spiro atoms. The summed E-state index contributed by atoms with van der Waals surface area (Å²) in [5.41, 5.74) is 2.11. The summed E-state index contributed by atoms with van der Waals surface area (Å²) in [4.78, 5) is 0. The van der Waals surface area contributed by atoms with E-state index in [2.05, 4.69) is 91.0 Å². The predicted octanol–water partition coefficient (Wildman–Crippen LogP) is 8.43. The second kappa shape index (κ2) is 14.4. The molecule has 5 rings (SSSR count). The molecule has 0 N–H and O–H groups in total. The molecule has 0 fully saturated rings. The zero-order chi connectivity index (χ0) is 22.4. The van der Waals surface area contributed by atoms with Gasteiger partial charge in [-0.05, 0) is 0 Å². The minimum absolute atomic E-state index is 0.639. The number of hydrogen-bond donors (Lipinski definition) is 0. The largest absolute Gasteiger partial charge is 0.214 e. The van der Waals surface area contributed by atoms with Gasteiger partial charge in [-0.25, -0.2) is 12.1 Å². The molecule has 0 heterocycles. The van der Waals surface area contributed by atoms with Gasteiger partial charge in [0.05, 0.1) is 0 Å². The van der Waals surface area contributed by atoms with Gasteiger partial charge >= 0.3 is 124 Å². The van der Waals surface area contributed by atoms with Gasteiger partial charge < -0.3 is 0 Å². The SMILES string of the molecule is [Cl][Zr]([Cl])=[Si](Cc1ccccc1)Cc1ccccc1.c1cc[cH-]c1.c1ccc2[cH-]ccc2c1. The minimum Gasteiger partial charge on any atom is -0.214 e. The number of fused-ring (bicyclic) bond motifs is 1. The van der Waals surface area contributed by atoms with Gasteiger partial charge in [-0.2, -0.15) is 35.7 Å². The summed E-state index contributed by atoms with van der Waals surface area (Å²) in [6.07, 6.45) is 0. The van der Waals surface area contributed by atoms with Crippen molar-refractivity contribution >= 4 is 33.2 Å². The van der Waals surface area contributed by atoms with Crippen LogP contribution in [0.4, 0.5) is 0 Å². The van der Waals surface area contributed by atoms with Gasteiger partial charge in [-0.3, -0.25) is 0 Å². The molecule has 5 aromatic carbocycles. The molecule has 0 unspecified atom stereocenters. The molecule has 0 nitrogen and oxygen atoms in total. The summed E-state index contributed by atoms with van der Waals surface area (Å²) in [6, 6.07) is 48.0. The monoisotopic (exact) mass is 550 g/mol. The smallest absolute Gasteiger partial charge is 0.0809 e. The maximum atomic E-state index is 6.35. The van der Waals surface area contributed by atoms with Crippen molar-refractivity contribution in [1.29, 1.82) is 0 Å². The maximum Gasteiger partial charge on any atom is -0.0809 e. The van der Waals surface area contributed by atoms with Crippen molar-refractivity contribution in [2.24, 2.45) is 0 Å². The molecule has 4 heteroatoms. The third-order valence-corrected chi connectivity index (χ3v) is 23.1. The first-order chi connectivity index (χ1) is 15.7. The van der Waals surface area contributed by atoms with Gasteiger partial charge in [0, 0.05) is 0 Å². The van der Waals surface area contributed by atoms with E-state index in [0.29, 0.717) is 0 Å². The zero-order valence-corrected chi connectivity index (χ0v) is 22.8. The van der Waals surface area contributed by atoms with Crippen LogP contribution in [0.5, 0.6) is 0 Å². The number of hydrogen-bond acceptors (Lipinski definition) is 0. The van der Waals surface area contributed by atoms with E-state index in [-0.39, 0.29) is 0 Å². The van der Waals surface area contributed by atoms with Crippen LogP contribution in [0.1, 0.15) is 11.1 Å². The Morgan fingerprint density at radius 1 is 0.594 bits per heavy atom. The summed E-state index contributed by atoms with van der Waals surface area (Å²) >= 11 is -2.14. The minimum atomic E-state index is -2.14. The zero-order valence-electron chi connectivity index (χ0n) is 17.9. The van der Waals surface area contributed by atoms with E-state index in [9.17, 15) is 0 Å². The van der Waals surface area contributed by atoms with Gasteiger partial charge in [0.2, 0.25) is 0 Å². The van der Waals surface area contributed by atoms with E-state index in [1.165, 1.54) is 21.9 Å². The van der Waals surface area contributed by atoms with E-state index in [1.807, 2.05) is 42.5 Å². The fourth-order valence-corrected chi connectivity index (χ4v) is 14.8. The van der Waals surface area contributed by atoms with Gasteiger partial charge in [-0.15, -0.1) is 29.7 Å². The first-order valence-electron chi connectivity index (χ1n) is 10.6. The Morgan fingerprint density at radius 3 is 1.59 bits per heavy atom. The quantitative estimate of drug-likeness (QED) is 0.155. The third kappa shape index (κ3) is 9.04. The second-order valence-corrected chi connectivity index (χ2v) is 28.0. The fraction of sp³-hybridized carbons (Fsp3) is 0.0714. The molecule has 0 radical (unpaired) electrons. The standard InChI is InChI=1S/C14H14Si.C9H7.C5H5.2ClH.Zr/c1-3-7-13(8-4-1)11-15-12-14-9-5-2-6-10-14;1-2-5-9-7-3-6-8(9)4-1;1-2-4-5-3-1;;;/h1-10H,11-12H2;1-7H;1-5H;2*1H;/q;2*-1;;;+2/p-2. The van der Waals surface area contributed by atoms with Crippen LogP contribution in [0, 0.1) is 0 Å². The first kappa shape index (κ1) is 24.9. The first-order valence-corrected chi connectivity index (χ1v) is 22.5. The summed E-state index contributed by atoms with van der Waals surface area (Å²) < 4.78 is 0. The number of benzene rings is 3. The Morgan fingerprint density at radius 2 is 1.12 bits per heavy atom. The van der Waals surface area contributed by atoms with Crippen molar-refractivity contribution in [3.05, 3.63) is 145 Å². The molecule has 0 saturated carbocycles. The van der Waals surface area contributed by atoms with Crippen LogP contribution in [0.15, 0.2) is 133 Å². The van der Waals surface area contributed by atoms with Gasteiger partial charge in [0.25, 0.3) is 0 Å². The predicted molar refractivity (Wildman–Crippen MR) is 139 cm³/mol. The van der Waals surface area contributed by atoms with Gasteiger partial charge in [0.15, 0.2) is 0 Å². The van der Waals surface area contributed by atoms with Crippen LogP contribution in [-0.4, -0.2) is 5.43 Å². The van der Waals surface area contributed by atoms with Crippen molar-refractivity contribution in [2.75, 3.05) is 0 Å². The van der Waals surface area contributed by atoms with Crippen molar-refractivity contribution in [3.8, 4) is 0 Å². The Balaban J connectivity index is 0.000000168. The van der Waals surface area contributed by atoms with E-state index in [0.717, 1.165) is 12.1 Å². The molecule has 0 aliphatic rings. The Labute approximate surface area is 206 Å². The van der Waals surface area contributed by atoms with Crippen molar-refractivity contribution in [1.82, 2.24) is 0 Å². The molecule has 5 aromatic rings.